The second-order valence-corrected chi connectivity index (χ2v) is 3.72. The van der Waals surface area contributed by atoms with Crippen molar-refractivity contribution in [3.8, 4) is 16.9 Å². The van der Waals surface area contributed by atoms with Crippen LogP contribution in [-0.4, -0.2) is 5.11 Å². The van der Waals surface area contributed by atoms with E-state index in [9.17, 15) is 5.11 Å². The van der Waals surface area contributed by atoms with Crippen molar-refractivity contribution in [1.82, 2.24) is 0 Å². The summed E-state index contributed by atoms with van der Waals surface area (Å²) in [6.07, 6.45) is 0. The Bertz CT molecular complexity index is 431. The molecular weight excluding hydrogens is 204 g/mol. The number of rotatable bonds is 2. The lowest BCUT2D eigenvalue weighted by Gasteiger charge is -2.02. The van der Waals surface area contributed by atoms with Crippen LogP contribution in [0, 0.1) is 0 Å². The molecule has 0 aliphatic rings. The van der Waals surface area contributed by atoms with Crippen LogP contribution in [0.4, 0.5) is 0 Å². The molecule has 0 aliphatic carbocycles. The summed E-state index contributed by atoms with van der Waals surface area (Å²) in [7, 11) is 0. The van der Waals surface area contributed by atoms with Crippen LogP contribution in [0.1, 0.15) is 5.56 Å². The molecule has 2 aromatic rings. The van der Waals surface area contributed by atoms with E-state index >= 15 is 0 Å². The number of hydrogen-bond acceptors (Lipinski definition) is 2. The third-order valence-electron chi connectivity index (χ3n) is 2.34. The van der Waals surface area contributed by atoms with E-state index in [-0.39, 0.29) is 0 Å². The molecule has 0 spiro atoms. The maximum atomic E-state index is 9.18. The molecule has 2 rings (SSSR count). The van der Waals surface area contributed by atoms with Gasteiger partial charge >= 0.3 is 0 Å². The zero-order chi connectivity index (χ0) is 10.7. The Balaban J connectivity index is 2.33. The van der Waals surface area contributed by atoms with E-state index in [2.05, 4.69) is 36.9 Å². The van der Waals surface area contributed by atoms with Crippen LogP contribution in [0.15, 0.2) is 48.5 Å². The first-order chi connectivity index (χ1) is 7.29. The van der Waals surface area contributed by atoms with Gasteiger partial charge in [0.2, 0.25) is 0 Å². The highest BCUT2D eigenvalue weighted by Crippen LogP contribution is 2.22. The van der Waals surface area contributed by atoms with E-state index in [0.29, 0.717) is 5.75 Å². The number of phenolic OH excluding ortho intramolecular Hbond substituents is 1. The van der Waals surface area contributed by atoms with E-state index in [1.54, 1.807) is 12.1 Å². The normalized spacial score (nSPS) is 10.2. The first-order valence-electron chi connectivity index (χ1n) is 4.79. The molecule has 0 heterocycles. The molecule has 2 aromatic carbocycles. The van der Waals surface area contributed by atoms with Crippen molar-refractivity contribution >= 4 is 12.6 Å². The van der Waals surface area contributed by atoms with Crippen molar-refractivity contribution in [2.24, 2.45) is 0 Å². The minimum atomic E-state index is 0.297. The van der Waals surface area contributed by atoms with Gasteiger partial charge in [0.25, 0.3) is 0 Å². The molecule has 0 saturated heterocycles. The molecule has 1 nitrogen and oxygen atoms in total. The summed E-state index contributed by atoms with van der Waals surface area (Å²) >= 11 is 4.21. The topological polar surface area (TPSA) is 20.2 Å². The highest BCUT2D eigenvalue weighted by molar-refractivity contribution is 7.79. The zero-order valence-corrected chi connectivity index (χ0v) is 9.11. The van der Waals surface area contributed by atoms with E-state index in [4.69, 9.17) is 0 Å². The standard InChI is InChI=1S/C13H12OS/c14-13-7-5-12(6-8-13)11-3-1-10(9-15)2-4-11/h1-8,14-15H,9H2. The van der Waals surface area contributed by atoms with Gasteiger partial charge < -0.3 is 5.11 Å². The van der Waals surface area contributed by atoms with Gasteiger partial charge in [0.1, 0.15) is 5.75 Å². The van der Waals surface area contributed by atoms with Crippen molar-refractivity contribution in [2.45, 2.75) is 5.75 Å². The molecule has 0 unspecified atom stereocenters. The smallest absolute Gasteiger partial charge is 0.115 e. The van der Waals surface area contributed by atoms with Crippen LogP contribution >= 0.6 is 12.6 Å². The van der Waals surface area contributed by atoms with E-state index in [0.717, 1.165) is 16.9 Å². The number of hydrogen-bond donors (Lipinski definition) is 2. The molecule has 0 fully saturated rings. The molecule has 0 aromatic heterocycles. The van der Waals surface area contributed by atoms with Gasteiger partial charge in [0.15, 0.2) is 0 Å². The molecule has 76 valence electrons. The monoisotopic (exact) mass is 216 g/mol. The summed E-state index contributed by atoms with van der Waals surface area (Å²) in [5, 5.41) is 9.18. The second kappa shape index (κ2) is 4.41. The van der Waals surface area contributed by atoms with Crippen LogP contribution in [0.3, 0.4) is 0 Å². The fourth-order valence-corrected chi connectivity index (χ4v) is 1.67. The SMILES string of the molecule is Oc1ccc(-c2ccc(CS)cc2)cc1. The fraction of sp³-hybridized carbons (Fsp3) is 0.0769. The first-order valence-corrected chi connectivity index (χ1v) is 5.42. The maximum Gasteiger partial charge on any atom is 0.115 e. The summed E-state index contributed by atoms with van der Waals surface area (Å²) < 4.78 is 0. The average molecular weight is 216 g/mol. The third-order valence-corrected chi connectivity index (χ3v) is 2.70. The summed E-state index contributed by atoms with van der Waals surface area (Å²) in [6.45, 7) is 0. The number of aromatic hydroxyl groups is 1. The molecule has 15 heavy (non-hydrogen) atoms. The largest absolute Gasteiger partial charge is 0.508 e. The number of thiol groups is 1. The van der Waals surface area contributed by atoms with Gasteiger partial charge in [-0.1, -0.05) is 36.4 Å². The van der Waals surface area contributed by atoms with Crippen molar-refractivity contribution in [3.63, 3.8) is 0 Å². The summed E-state index contributed by atoms with van der Waals surface area (Å²) in [4.78, 5) is 0. The minimum absolute atomic E-state index is 0.297. The predicted octanol–water partition coefficient (Wildman–Crippen LogP) is 3.49. The van der Waals surface area contributed by atoms with Crippen LogP contribution in [-0.2, 0) is 5.75 Å². The van der Waals surface area contributed by atoms with Crippen molar-refractivity contribution in [3.05, 3.63) is 54.1 Å². The molecule has 0 amide bonds. The lowest BCUT2D eigenvalue weighted by molar-refractivity contribution is 0.475. The van der Waals surface area contributed by atoms with Crippen LogP contribution in [0.2, 0.25) is 0 Å². The lowest BCUT2D eigenvalue weighted by atomic mass is 10.0. The van der Waals surface area contributed by atoms with E-state index in [1.165, 1.54) is 5.56 Å². The van der Waals surface area contributed by atoms with Crippen LogP contribution < -0.4 is 0 Å². The van der Waals surface area contributed by atoms with Gasteiger partial charge in [-0.3, -0.25) is 0 Å². The highest BCUT2D eigenvalue weighted by Gasteiger charge is 1.97. The van der Waals surface area contributed by atoms with Gasteiger partial charge in [0.05, 0.1) is 0 Å². The Morgan fingerprint density at radius 1 is 0.800 bits per heavy atom. The summed E-state index contributed by atoms with van der Waals surface area (Å²) in [5.41, 5.74) is 3.47. The predicted molar refractivity (Wildman–Crippen MR) is 66.2 cm³/mol. The average Bonchev–Trinajstić information content (AvgIpc) is 2.30. The molecule has 0 atom stereocenters. The molecule has 0 aliphatic heterocycles. The van der Waals surface area contributed by atoms with Crippen LogP contribution in [0.25, 0.3) is 11.1 Å². The third kappa shape index (κ3) is 2.34. The Kier molecular flexibility index (Phi) is 2.97. The van der Waals surface area contributed by atoms with Gasteiger partial charge in [-0.25, -0.2) is 0 Å². The molecule has 0 saturated carbocycles. The Morgan fingerprint density at radius 2 is 1.27 bits per heavy atom. The molecular formula is C13H12OS. The van der Waals surface area contributed by atoms with Gasteiger partial charge in [-0.15, -0.1) is 0 Å². The lowest BCUT2D eigenvalue weighted by Crippen LogP contribution is -1.80. The Morgan fingerprint density at radius 3 is 1.73 bits per heavy atom. The van der Waals surface area contributed by atoms with E-state index in [1.807, 2.05) is 12.1 Å². The van der Waals surface area contributed by atoms with Gasteiger partial charge in [0, 0.05) is 5.75 Å². The van der Waals surface area contributed by atoms with Crippen molar-refractivity contribution in [2.75, 3.05) is 0 Å². The van der Waals surface area contributed by atoms with Gasteiger partial charge in [-0.05, 0) is 28.8 Å². The van der Waals surface area contributed by atoms with Crippen molar-refractivity contribution < 1.29 is 5.11 Å². The molecule has 1 N–H and O–H groups in total. The Hall–Kier alpha value is -1.41. The highest BCUT2D eigenvalue weighted by atomic mass is 32.1. The number of benzene rings is 2. The van der Waals surface area contributed by atoms with Gasteiger partial charge in [-0.2, -0.15) is 12.6 Å². The second-order valence-electron chi connectivity index (χ2n) is 3.40. The quantitative estimate of drug-likeness (QED) is 0.736. The molecule has 0 radical (unpaired) electrons. The fourth-order valence-electron chi connectivity index (χ4n) is 1.46. The van der Waals surface area contributed by atoms with E-state index < -0.39 is 0 Å². The molecule has 0 bridgehead atoms. The maximum absolute atomic E-state index is 9.18. The Labute approximate surface area is 94.8 Å². The first kappa shape index (κ1) is 10.1. The van der Waals surface area contributed by atoms with Crippen LogP contribution in [0.5, 0.6) is 5.75 Å². The number of phenols is 1. The zero-order valence-electron chi connectivity index (χ0n) is 8.22. The minimum Gasteiger partial charge on any atom is -0.508 e. The molecule has 2 heteroatoms. The summed E-state index contributed by atoms with van der Waals surface area (Å²) in [5.74, 6) is 1.06. The van der Waals surface area contributed by atoms with Crippen molar-refractivity contribution in [1.29, 1.82) is 0 Å². The summed E-state index contributed by atoms with van der Waals surface area (Å²) in [6, 6.07) is 15.5.